The number of ketones is 1. The molecule has 120 valence electrons. The lowest BCUT2D eigenvalue weighted by Crippen LogP contribution is -2.36. The summed E-state index contributed by atoms with van der Waals surface area (Å²) >= 11 is 0. The number of benzene rings is 2. The van der Waals surface area contributed by atoms with Gasteiger partial charge in [-0.05, 0) is 24.6 Å². The van der Waals surface area contributed by atoms with Gasteiger partial charge in [0, 0.05) is 11.6 Å². The molecule has 0 aromatic heterocycles. The zero-order valence-electron chi connectivity index (χ0n) is 12.0. The second-order valence-electron chi connectivity index (χ2n) is 5.34. The van der Waals surface area contributed by atoms with E-state index >= 15 is 0 Å². The first-order chi connectivity index (χ1) is 10.8. The van der Waals surface area contributed by atoms with Crippen molar-refractivity contribution in [2.45, 2.75) is 19.1 Å². The van der Waals surface area contributed by atoms with Gasteiger partial charge in [-0.2, -0.15) is 0 Å². The molecular weight excluding hydrogens is 304 g/mol. The van der Waals surface area contributed by atoms with Crippen LogP contribution in [-0.4, -0.2) is 37.4 Å². The maximum absolute atomic E-state index is 12.4. The first kappa shape index (κ1) is 15.0. The van der Waals surface area contributed by atoms with Crippen LogP contribution >= 0.6 is 0 Å². The number of hydrogen-bond donors (Lipinski definition) is 5. The summed E-state index contributed by atoms with van der Waals surface area (Å²) in [6.45, 7) is 1.43. The van der Waals surface area contributed by atoms with Crippen LogP contribution in [0.2, 0.25) is 0 Å². The molecule has 2 atom stereocenters. The number of rotatable bonds is 1. The van der Waals surface area contributed by atoms with Crippen molar-refractivity contribution in [1.82, 2.24) is 0 Å². The molecule has 0 aliphatic carbocycles. The van der Waals surface area contributed by atoms with E-state index in [-0.39, 0.29) is 33.9 Å². The molecule has 0 saturated carbocycles. The van der Waals surface area contributed by atoms with Crippen molar-refractivity contribution < 1.29 is 35.1 Å². The molecule has 1 aliphatic heterocycles. The smallest absolute Gasteiger partial charge is 0.202 e. The summed E-state index contributed by atoms with van der Waals surface area (Å²) in [5.74, 6) is -2.31. The largest absolute Gasteiger partial charge is 0.507 e. The Kier molecular flexibility index (Phi) is 3.30. The van der Waals surface area contributed by atoms with Crippen LogP contribution in [0, 0.1) is 6.92 Å². The standard InChI is InChI=1S/C16H14O7/c1-6-9(18)5-11-12(13(6)20)14(21)15(22)16(23-11)7-2-3-8(17)10(19)4-7/h2-5,15-20,22H,1H3. The number of carbonyl (C=O) groups is 1. The Morgan fingerprint density at radius 2 is 1.70 bits per heavy atom. The van der Waals surface area contributed by atoms with Gasteiger partial charge in [0.25, 0.3) is 0 Å². The molecule has 7 nitrogen and oxygen atoms in total. The van der Waals surface area contributed by atoms with Gasteiger partial charge >= 0.3 is 0 Å². The van der Waals surface area contributed by atoms with Crippen LogP contribution in [-0.2, 0) is 0 Å². The Balaban J connectivity index is 2.11. The van der Waals surface area contributed by atoms with Crippen molar-refractivity contribution in [2.75, 3.05) is 0 Å². The monoisotopic (exact) mass is 318 g/mol. The molecule has 1 aliphatic rings. The van der Waals surface area contributed by atoms with Crippen molar-refractivity contribution in [1.29, 1.82) is 0 Å². The quantitative estimate of drug-likeness (QED) is 0.504. The number of aliphatic hydroxyl groups is 1. The molecule has 7 heteroatoms. The highest BCUT2D eigenvalue weighted by molar-refractivity contribution is 6.06. The Morgan fingerprint density at radius 1 is 1.00 bits per heavy atom. The van der Waals surface area contributed by atoms with Gasteiger partial charge in [-0.3, -0.25) is 4.79 Å². The number of Topliss-reactive ketones (excluding diaryl/α,β-unsaturated/α-hetero) is 1. The summed E-state index contributed by atoms with van der Waals surface area (Å²) in [5, 5.41) is 48.8. The van der Waals surface area contributed by atoms with Gasteiger partial charge in [0.1, 0.15) is 22.8 Å². The molecule has 2 aromatic carbocycles. The lowest BCUT2D eigenvalue weighted by atomic mass is 9.91. The molecule has 0 fully saturated rings. The number of phenolic OH excluding ortho intramolecular Hbond substituents is 4. The van der Waals surface area contributed by atoms with Crippen LogP contribution in [0.1, 0.15) is 27.6 Å². The molecule has 1 heterocycles. The van der Waals surface area contributed by atoms with Crippen molar-refractivity contribution in [3.8, 4) is 28.7 Å². The molecular formula is C16H14O7. The second kappa shape index (κ2) is 5.06. The number of fused-ring (bicyclic) bond motifs is 1. The average Bonchev–Trinajstić information content (AvgIpc) is 2.51. The van der Waals surface area contributed by atoms with Crippen molar-refractivity contribution >= 4 is 5.78 Å². The van der Waals surface area contributed by atoms with Gasteiger partial charge in [-0.15, -0.1) is 0 Å². The maximum atomic E-state index is 12.4. The van der Waals surface area contributed by atoms with E-state index in [1.165, 1.54) is 25.1 Å². The maximum Gasteiger partial charge on any atom is 0.202 e. The number of hydrogen-bond acceptors (Lipinski definition) is 7. The number of aromatic hydroxyl groups is 4. The van der Waals surface area contributed by atoms with Gasteiger partial charge in [-0.1, -0.05) is 6.07 Å². The number of carbonyl (C=O) groups excluding carboxylic acids is 1. The molecule has 2 unspecified atom stereocenters. The van der Waals surface area contributed by atoms with Gasteiger partial charge in [0.15, 0.2) is 23.7 Å². The molecule has 0 bridgehead atoms. The highest BCUT2D eigenvalue weighted by Gasteiger charge is 2.40. The minimum absolute atomic E-state index is 0.0709. The van der Waals surface area contributed by atoms with E-state index in [4.69, 9.17) is 4.74 Å². The van der Waals surface area contributed by atoms with Crippen LogP contribution < -0.4 is 4.74 Å². The van der Waals surface area contributed by atoms with Crippen molar-refractivity contribution in [3.63, 3.8) is 0 Å². The fraction of sp³-hybridized carbons (Fsp3) is 0.188. The fourth-order valence-corrected chi connectivity index (χ4v) is 2.52. The van der Waals surface area contributed by atoms with Gasteiger partial charge in [-0.25, -0.2) is 0 Å². The van der Waals surface area contributed by atoms with E-state index in [9.17, 15) is 30.3 Å². The minimum Gasteiger partial charge on any atom is -0.507 e. The molecule has 0 spiro atoms. The number of ether oxygens (including phenoxy) is 1. The molecule has 0 radical (unpaired) electrons. The van der Waals surface area contributed by atoms with Gasteiger partial charge in [0.05, 0.1) is 0 Å². The molecule has 5 N–H and O–H groups in total. The molecule has 0 saturated heterocycles. The van der Waals surface area contributed by atoms with Crippen molar-refractivity contribution in [2.24, 2.45) is 0 Å². The number of aliphatic hydroxyl groups excluding tert-OH is 1. The minimum atomic E-state index is -1.61. The van der Waals surface area contributed by atoms with E-state index in [1.807, 2.05) is 0 Å². The Bertz CT molecular complexity index is 813. The SMILES string of the molecule is Cc1c(O)cc2c(c1O)C(=O)C(O)C(c1ccc(O)c(O)c1)O2. The lowest BCUT2D eigenvalue weighted by Gasteiger charge is -2.30. The van der Waals surface area contributed by atoms with Gasteiger partial charge < -0.3 is 30.3 Å². The predicted octanol–water partition coefficient (Wildman–Crippen LogP) is 1.49. The van der Waals surface area contributed by atoms with Crippen LogP contribution in [0.25, 0.3) is 0 Å². The highest BCUT2D eigenvalue weighted by atomic mass is 16.5. The third-order valence-corrected chi connectivity index (χ3v) is 3.87. The zero-order valence-corrected chi connectivity index (χ0v) is 12.0. The van der Waals surface area contributed by atoms with E-state index in [2.05, 4.69) is 0 Å². The average molecular weight is 318 g/mol. The Labute approximate surface area is 130 Å². The summed E-state index contributed by atoms with van der Waals surface area (Å²) in [5.41, 5.74) is 0.159. The fourth-order valence-electron chi connectivity index (χ4n) is 2.52. The van der Waals surface area contributed by atoms with E-state index < -0.39 is 29.5 Å². The predicted molar refractivity (Wildman–Crippen MR) is 78.0 cm³/mol. The first-order valence-electron chi connectivity index (χ1n) is 6.77. The lowest BCUT2D eigenvalue weighted by molar-refractivity contribution is 0.0209. The third kappa shape index (κ3) is 2.22. The van der Waals surface area contributed by atoms with Crippen LogP contribution in [0.3, 0.4) is 0 Å². The Morgan fingerprint density at radius 3 is 2.35 bits per heavy atom. The summed E-state index contributed by atoms with van der Waals surface area (Å²) in [6.07, 6.45) is -2.76. The number of phenols is 4. The van der Waals surface area contributed by atoms with Crippen LogP contribution in [0.5, 0.6) is 28.7 Å². The van der Waals surface area contributed by atoms with Crippen LogP contribution in [0.4, 0.5) is 0 Å². The van der Waals surface area contributed by atoms with E-state index in [0.29, 0.717) is 0 Å². The summed E-state index contributed by atoms with van der Waals surface area (Å²) in [7, 11) is 0. The van der Waals surface area contributed by atoms with E-state index in [0.717, 1.165) is 6.07 Å². The topological polar surface area (TPSA) is 127 Å². The molecule has 23 heavy (non-hydrogen) atoms. The summed E-state index contributed by atoms with van der Waals surface area (Å²) < 4.78 is 5.53. The third-order valence-electron chi connectivity index (χ3n) is 3.87. The summed E-state index contributed by atoms with van der Waals surface area (Å²) in [6, 6.07) is 4.93. The first-order valence-corrected chi connectivity index (χ1v) is 6.77. The van der Waals surface area contributed by atoms with E-state index in [1.54, 1.807) is 0 Å². The Hall–Kier alpha value is -2.93. The summed E-state index contributed by atoms with van der Waals surface area (Å²) in [4.78, 5) is 12.4. The molecule has 3 rings (SSSR count). The van der Waals surface area contributed by atoms with Crippen molar-refractivity contribution in [3.05, 3.63) is 41.0 Å². The zero-order chi connectivity index (χ0) is 16.9. The molecule has 2 aromatic rings. The van der Waals surface area contributed by atoms with Gasteiger partial charge in [0.2, 0.25) is 5.78 Å². The van der Waals surface area contributed by atoms with Crippen LogP contribution in [0.15, 0.2) is 24.3 Å². The second-order valence-corrected chi connectivity index (χ2v) is 5.34. The highest BCUT2D eigenvalue weighted by Crippen LogP contribution is 2.44. The normalized spacial score (nSPS) is 20.0. The molecule has 0 amide bonds.